The minimum Gasteiger partial charge on any atom is -0.504 e. The van der Waals surface area contributed by atoms with Gasteiger partial charge in [0, 0.05) is 0 Å². The Bertz CT molecular complexity index is 344. The van der Waals surface area contributed by atoms with Crippen molar-refractivity contribution in [2.45, 2.75) is 13.8 Å². The molecular weight excluding hydrogens is 172 g/mol. The highest BCUT2D eigenvalue weighted by Gasteiger charge is 2.08. The molecule has 0 heterocycles. The number of rotatable bonds is 1. The number of aryl methyl sites for hydroxylation is 2. The Hall–Kier alpha value is -1.71. The molecule has 0 aliphatic heterocycles. The molecule has 0 fully saturated rings. The zero-order valence-electron chi connectivity index (χ0n) is 7.37. The van der Waals surface area contributed by atoms with Gasteiger partial charge in [0.15, 0.2) is 11.5 Å². The molecule has 0 unspecified atom stereocenters. The minimum absolute atomic E-state index is 0.0319. The van der Waals surface area contributed by atoms with Crippen LogP contribution >= 0.6 is 0 Å². The van der Waals surface area contributed by atoms with E-state index in [1.54, 1.807) is 0 Å². The molecule has 1 rings (SSSR count). The third-order valence-corrected chi connectivity index (χ3v) is 1.77. The van der Waals surface area contributed by atoms with E-state index in [1.165, 1.54) is 12.1 Å². The van der Waals surface area contributed by atoms with Crippen LogP contribution in [0.5, 0.6) is 11.5 Å². The van der Waals surface area contributed by atoms with Crippen LogP contribution in [-0.2, 0) is 0 Å². The zero-order chi connectivity index (χ0) is 10.0. The molecule has 1 aromatic rings. The molecule has 0 radical (unpaired) electrons. The fourth-order valence-corrected chi connectivity index (χ4v) is 0.950. The summed E-state index contributed by atoms with van der Waals surface area (Å²) in [5.41, 5.74) is 1.75. The van der Waals surface area contributed by atoms with Crippen LogP contribution in [0.1, 0.15) is 11.1 Å². The summed E-state index contributed by atoms with van der Waals surface area (Å²) in [6.07, 6.45) is -1.43. The fraction of sp³-hybridized carbons (Fsp3) is 0.222. The molecule has 0 aliphatic carbocycles. The molecule has 0 atom stereocenters. The molecule has 4 nitrogen and oxygen atoms in total. The average molecular weight is 182 g/mol. The lowest BCUT2D eigenvalue weighted by molar-refractivity contribution is 0.143. The molecule has 0 amide bonds. The second-order valence-electron chi connectivity index (χ2n) is 2.77. The van der Waals surface area contributed by atoms with E-state index < -0.39 is 6.16 Å². The van der Waals surface area contributed by atoms with Gasteiger partial charge in [-0.2, -0.15) is 0 Å². The van der Waals surface area contributed by atoms with Crippen molar-refractivity contribution in [2.75, 3.05) is 0 Å². The summed E-state index contributed by atoms with van der Waals surface area (Å²) in [7, 11) is 0. The Kier molecular flexibility index (Phi) is 2.41. The molecule has 1 aromatic carbocycles. The average Bonchev–Trinajstić information content (AvgIpc) is 1.99. The number of phenolic OH excluding ortho intramolecular Hbond substituents is 1. The highest BCUT2D eigenvalue weighted by molar-refractivity contribution is 5.63. The van der Waals surface area contributed by atoms with Gasteiger partial charge in [-0.1, -0.05) is 0 Å². The number of benzene rings is 1. The van der Waals surface area contributed by atoms with E-state index in [4.69, 9.17) is 5.11 Å². The summed E-state index contributed by atoms with van der Waals surface area (Å²) < 4.78 is 4.35. The van der Waals surface area contributed by atoms with Crippen molar-refractivity contribution in [3.05, 3.63) is 23.3 Å². The molecule has 0 bridgehead atoms. The van der Waals surface area contributed by atoms with Crippen LogP contribution in [0, 0.1) is 13.8 Å². The van der Waals surface area contributed by atoms with E-state index in [0.29, 0.717) is 0 Å². The maximum absolute atomic E-state index is 10.2. The van der Waals surface area contributed by atoms with Gasteiger partial charge >= 0.3 is 6.16 Å². The molecule has 0 aliphatic rings. The van der Waals surface area contributed by atoms with Crippen molar-refractivity contribution in [1.29, 1.82) is 0 Å². The van der Waals surface area contributed by atoms with Crippen LogP contribution in [0.4, 0.5) is 4.79 Å². The second-order valence-corrected chi connectivity index (χ2v) is 2.77. The lowest BCUT2D eigenvalue weighted by atomic mass is 10.1. The first-order valence-electron chi connectivity index (χ1n) is 3.71. The van der Waals surface area contributed by atoms with E-state index in [9.17, 15) is 9.90 Å². The van der Waals surface area contributed by atoms with E-state index in [2.05, 4.69) is 4.74 Å². The first kappa shape index (κ1) is 9.38. The number of hydrogen-bond donors (Lipinski definition) is 2. The van der Waals surface area contributed by atoms with Crippen molar-refractivity contribution in [3.8, 4) is 11.5 Å². The fourth-order valence-electron chi connectivity index (χ4n) is 0.950. The van der Waals surface area contributed by atoms with Crippen molar-refractivity contribution >= 4 is 6.16 Å². The Morgan fingerprint density at radius 1 is 1.31 bits per heavy atom. The lowest BCUT2D eigenvalue weighted by Crippen LogP contribution is -2.03. The zero-order valence-corrected chi connectivity index (χ0v) is 7.37. The number of hydrogen-bond acceptors (Lipinski definition) is 3. The Morgan fingerprint density at radius 3 is 2.38 bits per heavy atom. The topological polar surface area (TPSA) is 66.8 Å². The van der Waals surface area contributed by atoms with Gasteiger partial charge in [0.25, 0.3) is 0 Å². The predicted octanol–water partition coefficient (Wildman–Crippen LogP) is 2.07. The summed E-state index contributed by atoms with van der Waals surface area (Å²) >= 11 is 0. The van der Waals surface area contributed by atoms with Crippen molar-refractivity contribution < 1.29 is 19.7 Å². The Balaban J connectivity index is 3.08. The second kappa shape index (κ2) is 3.35. The summed E-state index contributed by atoms with van der Waals surface area (Å²) in [6, 6.07) is 2.95. The molecule has 13 heavy (non-hydrogen) atoms. The summed E-state index contributed by atoms with van der Waals surface area (Å²) in [5, 5.41) is 17.6. The van der Waals surface area contributed by atoms with Crippen LogP contribution in [0.2, 0.25) is 0 Å². The van der Waals surface area contributed by atoms with Gasteiger partial charge in [-0.15, -0.1) is 0 Å². The summed E-state index contributed by atoms with van der Waals surface area (Å²) in [5.74, 6) is -0.193. The first-order valence-corrected chi connectivity index (χ1v) is 3.71. The summed E-state index contributed by atoms with van der Waals surface area (Å²) in [6.45, 7) is 3.63. The van der Waals surface area contributed by atoms with Gasteiger partial charge < -0.3 is 14.9 Å². The van der Waals surface area contributed by atoms with Crippen LogP contribution in [0.3, 0.4) is 0 Å². The smallest absolute Gasteiger partial charge is 0.504 e. The molecule has 4 heteroatoms. The third-order valence-electron chi connectivity index (χ3n) is 1.77. The first-order chi connectivity index (χ1) is 6.00. The molecule has 2 N–H and O–H groups in total. The van der Waals surface area contributed by atoms with E-state index in [0.717, 1.165) is 11.1 Å². The minimum atomic E-state index is -1.43. The van der Waals surface area contributed by atoms with Gasteiger partial charge in [-0.25, -0.2) is 4.79 Å². The van der Waals surface area contributed by atoms with Crippen molar-refractivity contribution in [1.82, 2.24) is 0 Å². The maximum Gasteiger partial charge on any atom is 0.511 e. The molecule has 0 aromatic heterocycles. The highest BCUT2D eigenvalue weighted by atomic mass is 16.7. The van der Waals surface area contributed by atoms with E-state index in [1.807, 2.05) is 13.8 Å². The van der Waals surface area contributed by atoms with Crippen LogP contribution in [-0.4, -0.2) is 16.4 Å². The van der Waals surface area contributed by atoms with Gasteiger partial charge in [0.1, 0.15) is 0 Å². The van der Waals surface area contributed by atoms with Gasteiger partial charge in [-0.3, -0.25) is 0 Å². The molecule has 0 spiro atoms. The van der Waals surface area contributed by atoms with E-state index >= 15 is 0 Å². The maximum atomic E-state index is 10.2. The van der Waals surface area contributed by atoms with Crippen molar-refractivity contribution in [2.24, 2.45) is 0 Å². The summed E-state index contributed by atoms with van der Waals surface area (Å²) in [4.78, 5) is 10.2. The molecular formula is C9H10O4. The predicted molar refractivity (Wildman–Crippen MR) is 46.2 cm³/mol. The SMILES string of the molecule is Cc1cc(O)c(OC(=O)O)cc1C. The Labute approximate surface area is 75.4 Å². The third kappa shape index (κ3) is 2.11. The molecule has 0 saturated heterocycles. The number of phenols is 1. The Morgan fingerprint density at radius 2 is 1.85 bits per heavy atom. The lowest BCUT2D eigenvalue weighted by Gasteiger charge is -2.06. The van der Waals surface area contributed by atoms with Crippen molar-refractivity contribution in [3.63, 3.8) is 0 Å². The number of carboxylic acid groups (broad SMARTS) is 1. The standard InChI is InChI=1S/C9H10O4/c1-5-3-7(10)8(4-6(5)2)13-9(11)12/h3-4,10H,1-2H3,(H,11,12). The van der Waals surface area contributed by atoms with Crippen LogP contribution in [0.25, 0.3) is 0 Å². The van der Waals surface area contributed by atoms with Crippen LogP contribution in [0.15, 0.2) is 12.1 Å². The highest BCUT2D eigenvalue weighted by Crippen LogP contribution is 2.28. The number of aromatic hydroxyl groups is 1. The number of ether oxygens (including phenoxy) is 1. The normalized spacial score (nSPS) is 9.69. The van der Waals surface area contributed by atoms with Gasteiger partial charge in [0.2, 0.25) is 0 Å². The van der Waals surface area contributed by atoms with Crippen LogP contribution < -0.4 is 4.74 Å². The molecule has 70 valence electrons. The quantitative estimate of drug-likeness (QED) is 0.515. The van der Waals surface area contributed by atoms with Gasteiger partial charge in [0.05, 0.1) is 0 Å². The van der Waals surface area contributed by atoms with Gasteiger partial charge in [-0.05, 0) is 37.1 Å². The molecule has 0 saturated carbocycles. The largest absolute Gasteiger partial charge is 0.511 e. The van der Waals surface area contributed by atoms with E-state index in [-0.39, 0.29) is 11.5 Å². The monoisotopic (exact) mass is 182 g/mol. The number of carbonyl (C=O) groups is 1.